The molecule has 0 aliphatic carbocycles. The number of fused-ring (bicyclic) bond motifs is 1. The van der Waals surface area contributed by atoms with Gasteiger partial charge in [-0.05, 0) is 48.0 Å². The second kappa shape index (κ2) is 11.3. The lowest BCUT2D eigenvalue weighted by atomic mass is 10.2. The normalized spacial score (nSPS) is 10.9. The molecule has 36 heavy (non-hydrogen) atoms. The fourth-order valence-electron chi connectivity index (χ4n) is 3.36. The summed E-state index contributed by atoms with van der Waals surface area (Å²) in [6, 6.07) is 21.1. The van der Waals surface area contributed by atoms with E-state index in [1.54, 1.807) is 36.4 Å². The van der Waals surface area contributed by atoms with Crippen molar-refractivity contribution < 1.29 is 19.1 Å². The smallest absolute Gasteiger partial charge is 0.308 e. The highest BCUT2D eigenvalue weighted by atomic mass is 32.2. The van der Waals surface area contributed by atoms with Crippen LogP contribution in [0.25, 0.3) is 16.6 Å². The number of methoxy groups -OCH3 is 1. The highest BCUT2D eigenvalue weighted by molar-refractivity contribution is 7.99. The third-order valence-electron chi connectivity index (χ3n) is 4.94. The Labute approximate surface area is 210 Å². The number of amides is 1. The minimum Gasteiger partial charge on any atom is -0.493 e. The minimum absolute atomic E-state index is 0.0103. The maximum atomic E-state index is 13.2. The average Bonchev–Trinajstić information content (AvgIpc) is 2.88. The quantitative estimate of drug-likeness (QED) is 0.0979. The van der Waals surface area contributed by atoms with Crippen molar-refractivity contribution in [2.75, 3.05) is 12.9 Å². The van der Waals surface area contributed by atoms with Crippen LogP contribution in [0.4, 0.5) is 0 Å². The van der Waals surface area contributed by atoms with Crippen LogP contribution in [0.5, 0.6) is 11.5 Å². The molecule has 0 saturated carbocycles. The van der Waals surface area contributed by atoms with E-state index in [9.17, 15) is 14.4 Å². The molecule has 10 heteroatoms. The number of hydrogen-bond acceptors (Lipinski definition) is 8. The van der Waals surface area contributed by atoms with Gasteiger partial charge >= 0.3 is 5.97 Å². The predicted molar refractivity (Wildman–Crippen MR) is 138 cm³/mol. The number of hydrogen-bond donors (Lipinski definition) is 1. The van der Waals surface area contributed by atoms with Gasteiger partial charge < -0.3 is 9.47 Å². The molecule has 0 unspecified atom stereocenters. The van der Waals surface area contributed by atoms with E-state index in [0.29, 0.717) is 33.1 Å². The minimum atomic E-state index is -0.460. The molecule has 1 heterocycles. The van der Waals surface area contributed by atoms with Crippen molar-refractivity contribution in [2.24, 2.45) is 5.10 Å². The summed E-state index contributed by atoms with van der Waals surface area (Å²) in [5.41, 5.74) is 4.10. The molecule has 3 aromatic carbocycles. The lowest BCUT2D eigenvalue weighted by Gasteiger charge is -2.12. The highest BCUT2D eigenvalue weighted by Gasteiger charge is 2.14. The number of carbonyl (C=O) groups is 2. The molecule has 1 aromatic heterocycles. The second-order valence-corrected chi connectivity index (χ2v) is 8.42. The monoisotopic (exact) mass is 502 g/mol. The van der Waals surface area contributed by atoms with Gasteiger partial charge in [-0.15, -0.1) is 0 Å². The Bertz CT molecular complexity index is 1500. The van der Waals surface area contributed by atoms with Gasteiger partial charge in [-0.25, -0.2) is 10.4 Å². The van der Waals surface area contributed by atoms with E-state index in [1.807, 2.05) is 36.4 Å². The molecular formula is C26H22N4O5S. The van der Waals surface area contributed by atoms with Gasteiger partial charge in [-0.1, -0.05) is 42.1 Å². The molecule has 9 nitrogen and oxygen atoms in total. The van der Waals surface area contributed by atoms with Crippen molar-refractivity contribution in [3.05, 3.63) is 88.7 Å². The summed E-state index contributed by atoms with van der Waals surface area (Å²) >= 11 is 1.14. The number of nitrogens with one attached hydrogen (secondary N) is 1. The third kappa shape index (κ3) is 5.78. The highest BCUT2D eigenvalue weighted by Crippen LogP contribution is 2.27. The Morgan fingerprint density at radius 3 is 2.56 bits per heavy atom. The van der Waals surface area contributed by atoms with Crippen LogP contribution in [0.15, 0.2) is 87.8 Å². The number of aromatic nitrogens is 2. The van der Waals surface area contributed by atoms with Crippen molar-refractivity contribution in [1.82, 2.24) is 15.0 Å². The van der Waals surface area contributed by atoms with Crippen molar-refractivity contribution in [1.29, 1.82) is 0 Å². The fraction of sp³-hybridized carbons (Fsp3) is 0.115. The van der Waals surface area contributed by atoms with Crippen molar-refractivity contribution in [3.63, 3.8) is 0 Å². The van der Waals surface area contributed by atoms with Gasteiger partial charge in [0, 0.05) is 6.92 Å². The number of hydrazone groups is 1. The first-order chi connectivity index (χ1) is 17.5. The van der Waals surface area contributed by atoms with Gasteiger partial charge in [-0.2, -0.15) is 5.10 Å². The van der Waals surface area contributed by atoms with Crippen LogP contribution >= 0.6 is 11.8 Å². The molecule has 0 fully saturated rings. The van der Waals surface area contributed by atoms with E-state index in [-0.39, 0.29) is 23.0 Å². The molecule has 182 valence electrons. The predicted octanol–water partition coefficient (Wildman–Crippen LogP) is 3.56. The van der Waals surface area contributed by atoms with E-state index < -0.39 is 5.97 Å². The molecule has 1 N–H and O–H groups in total. The topological polar surface area (TPSA) is 112 Å². The van der Waals surface area contributed by atoms with Gasteiger partial charge in [0.25, 0.3) is 11.5 Å². The summed E-state index contributed by atoms with van der Waals surface area (Å²) in [5, 5.41) is 4.87. The molecule has 0 aliphatic rings. The lowest BCUT2D eigenvalue weighted by Crippen LogP contribution is -2.24. The van der Waals surface area contributed by atoms with Gasteiger partial charge in [-0.3, -0.25) is 19.0 Å². The van der Waals surface area contributed by atoms with Crippen LogP contribution in [0.2, 0.25) is 0 Å². The van der Waals surface area contributed by atoms with Gasteiger partial charge in [0.15, 0.2) is 16.7 Å². The first kappa shape index (κ1) is 24.7. The first-order valence-electron chi connectivity index (χ1n) is 10.8. The Balaban J connectivity index is 1.48. The van der Waals surface area contributed by atoms with Gasteiger partial charge in [0.2, 0.25) is 0 Å². The molecule has 0 radical (unpaired) electrons. The molecule has 1 amide bonds. The van der Waals surface area contributed by atoms with Crippen LogP contribution in [-0.2, 0) is 9.59 Å². The summed E-state index contributed by atoms with van der Waals surface area (Å²) < 4.78 is 11.8. The van der Waals surface area contributed by atoms with E-state index in [0.717, 1.165) is 11.8 Å². The van der Waals surface area contributed by atoms with Crippen LogP contribution in [-0.4, -0.2) is 40.5 Å². The van der Waals surface area contributed by atoms with Crippen molar-refractivity contribution >= 4 is 40.8 Å². The largest absolute Gasteiger partial charge is 0.493 e. The number of nitrogens with zero attached hydrogens (tertiary/aromatic N) is 3. The lowest BCUT2D eigenvalue weighted by molar-refractivity contribution is -0.132. The zero-order valence-corrected chi connectivity index (χ0v) is 20.3. The van der Waals surface area contributed by atoms with E-state index in [1.165, 1.54) is 24.8 Å². The van der Waals surface area contributed by atoms with Gasteiger partial charge in [0.05, 0.1) is 35.7 Å². The number of thioether (sulfide) groups is 1. The van der Waals surface area contributed by atoms with Crippen LogP contribution in [0.1, 0.15) is 12.5 Å². The van der Waals surface area contributed by atoms with E-state index in [2.05, 4.69) is 15.5 Å². The second-order valence-electron chi connectivity index (χ2n) is 7.47. The number of benzene rings is 3. The third-order valence-corrected chi connectivity index (χ3v) is 5.87. The fourth-order valence-corrected chi connectivity index (χ4v) is 4.16. The zero-order chi connectivity index (χ0) is 25.5. The van der Waals surface area contributed by atoms with Crippen molar-refractivity contribution in [2.45, 2.75) is 12.1 Å². The van der Waals surface area contributed by atoms with Gasteiger partial charge in [0.1, 0.15) is 0 Å². The molecule has 0 atom stereocenters. The Hall–Kier alpha value is -4.44. The Kier molecular flexibility index (Phi) is 7.76. The van der Waals surface area contributed by atoms with Crippen LogP contribution in [0.3, 0.4) is 0 Å². The molecule has 0 saturated heterocycles. The maximum absolute atomic E-state index is 13.2. The van der Waals surface area contributed by atoms with Crippen LogP contribution < -0.4 is 20.5 Å². The number of esters is 1. The van der Waals surface area contributed by atoms with E-state index >= 15 is 0 Å². The summed E-state index contributed by atoms with van der Waals surface area (Å²) in [7, 11) is 1.46. The summed E-state index contributed by atoms with van der Waals surface area (Å²) in [5.74, 6) is -0.198. The number of ether oxygens (including phenoxy) is 2. The molecule has 4 aromatic rings. The standard InChI is InChI=1S/C26H22N4O5S/c1-17(31)35-22-13-12-18(14-23(22)34-2)15-27-29-24(32)16-36-26-28-21-11-7-6-10-20(21)25(33)30(26)19-8-4-3-5-9-19/h3-15H,16H2,1-2H3,(H,29,32)/b27-15+. The number of para-hydroxylation sites is 2. The zero-order valence-electron chi connectivity index (χ0n) is 19.5. The summed E-state index contributed by atoms with van der Waals surface area (Å²) in [6.07, 6.45) is 1.44. The molecule has 0 bridgehead atoms. The molecule has 0 aliphatic heterocycles. The summed E-state index contributed by atoms with van der Waals surface area (Å²) in [6.45, 7) is 1.30. The molecular weight excluding hydrogens is 480 g/mol. The number of rotatable bonds is 8. The van der Waals surface area contributed by atoms with Crippen LogP contribution in [0, 0.1) is 0 Å². The summed E-state index contributed by atoms with van der Waals surface area (Å²) in [4.78, 5) is 41.5. The Morgan fingerprint density at radius 2 is 1.81 bits per heavy atom. The molecule has 4 rings (SSSR count). The maximum Gasteiger partial charge on any atom is 0.308 e. The first-order valence-corrected chi connectivity index (χ1v) is 11.8. The molecule has 0 spiro atoms. The van der Waals surface area contributed by atoms with Crippen molar-refractivity contribution in [3.8, 4) is 17.2 Å². The number of carbonyl (C=O) groups excluding carboxylic acids is 2. The van der Waals surface area contributed by atoms with E-state index in [4.69, 9.17) is 9.47 Å². The average molecular weight is 503 g/mol. The Morgan fingerprint density at radius 1 is 1.06 bits per heavy atom. The SMILES string of the molecule is COc1cc(/C=N/NC(=O)CSc2nc3ccccc3c(=O)n2-c2ccccc2)ccc1OC(C)=O.